The highest BCUT2D eigenvalue weighted by Gasteiger charge is 2.12. The third-order valence-electron chi connectivity index (χ3n) is 3.24. The van der Waals surface area contributed by atoms with Crippen molar-refractivity contribution >= 4 is 21.6 Å². The van der Waals surface area contributed by atoms with E-state index in [-0.39, 0.29) is 11.8 Å². The van der Waals surface area contributed by atoms with Crippen molar-refractivity contribution in [2.24, 2.45) is 0 Å². The lowest BCUT2D eigenvalue weighted by atomic mass is 10.1. The predicted molar refractivity (Wildman–Crippen MR) is 87.4 cm³/mol. The Morgan fingerprint density at radius 2 is 1.76 bits per heavy atom. The zero-order valence-electron chi connectivity index (χ0n) is 12.2. The van der Waals surface area contributed by atoms with Crippen LogP contribution < -0.4 is 14.8 Å². The zero-order valence-corrected chi connectivity index (χ0v) is 13.8. The molecule has 0 bridgehead atoms. The zero-order chi connectivity index (χ0) is 15.4. The van der Waals surface area contributed by atoms with Gasteiger partial charge in [-0.1, -0.05) is 22.0 Å². The van der Waals surface area contributed by atoms with Crippen LogP contribution in [0.5, 0.6) is 17.2 Å². The molecule has 21 heavy (non-hydrogen) atoms. The van der Waals surface area contributed by atoms with Gasteiger partial charge in [0.15, 0.2) is 11.5 Å². The summed E-state index contributed by atoms with van der Waals surface area (Å²) in [6, 6.07) is 11.1. The maximum absolute atomic E-state index is 9.65. The Bertz CT molecular complexity index is 631. The summed E-state index contributed by atoms with van der Waals surface area (Å²) in [5.74, 6) is 1.37. The van der Waals surface area contributed by atoms with Crippen molar-refractivity contribution in [1.29, 1.82) is 0 Å². The van der Waals surface area contributed by atoms with Gasteiger partial charge < -0.3 is 19.9 Å². The molecule has 112 valence electrons. The number of anilines is 1. The summed E-state index contributed by atoms with van der Waals surface area (Å²) < 4.78 is 11.5. The van der Waals surface area contributed by atoms with Gasteiger partial charge in [0, 0.05) is 10.5 Å². The average molecular weight is 352 g/mol. The minimum Gasteiger partial charge on any atom is -0.504 e. The SMILES string of the molecule is COc1cc(C(C)Nc2cc(Br)ccc2OC)ccc1O. The van der Waals surface area contributed by atoms with Crippen LogP contribution in [0.4, 0.5) is 5.69 Å². The fourth-order valence-corrected chi connectivity index (χ4v) is 2.43. The number of benzene rings is 2. The third-order valence-corrected chi connectivity index (χ3v) is 3.73. The molecule has 4 nitrogen and oxygen atoms in total. The number of hydrogen-bond donors (Lipinski definition) is 2. The van der Waals surface area contributed by atoms with Gasteiger partial charge in [0.1, 0.15) is 5.75 Å². The topological polar surface area (TPSA) is 50.7 Å². The highest BCUT2D eigenvalue weighted by molar-refractivity contribution is 9.10. The van der Waals surface area contributed by atoms with Crippen LogP contribution in [0, 0.1) is 0 Å². The molecule has 0 radical (unpaired) electrons. The van der Waals surface area contributed by atoms with Gasteiger partial charge >= 0.3 is 0 Å². The van der Waals surface area contributed by atoms with E-state index in [2.05, 4.69) is 21.2 Å². The molecule has 2 aromatic rings. The second kappa shape index (κ2) is 6.72. The minimum atomic E-state index is 0.0303. The number of phenols is 1. The number of phenolic OH excluding ortho intramolecular Hbond substituents is 1. The largest absolute Gasteiger partial charge is 0.504 e. The van der Waals surface area contributed by atoms with Crippen molar-refractivity contribution in [3.63, 3.8) is 0 Å². The molecule has 0 aromatic heterocycles. The first-order chi connectivity index (χ1) is 10.0. The molecule has 2 aromatic carbocycles. The van der Waals surface area contributed by atoms with Gasteiger partial charge in [-0.3, -0.25) is 0 Å². The molecule has 5 heteroatoms. The van der Waals surface area contributed by atoms with Crippen LogP contribution in [0.3, 0.4) is 0 Å². The van der Waals surface area contributed by atoms with Crippen LogP contribution in [0.1, 0.15) is 18.5 Å². The standard InChI is InChI=1S/C16H18BrNO3/c1-10(11-4-6-14(19)16(8-11)21-3)18-13-9-12(17)5-7-15(13)20-2/h4-10,18-19H,1-3H3. The Morgan fingerprint density at radius 1 is 1.05 bits per heavy atom. The lowest BCUT2D eigenvalue weighted by Crippen LogP contribution is -2.08. The van der Waals surface area contributed by atoms with Crippen molar-refractivity contribution in [3.05, 3.63) is 46.4 Å². The van der Waals surface area contributed by atoms with Gasteiger partial charge in [0.2, 0.25) is 0 Å². The van der Waals surface area contributed by atoms with Crippen molar-refractivity contribution in [2.45, 2.75) is 13.0 Å². The normalized spacial score (nSPS) is 11.8. The van der Waals surface area contributed by atoms with E-state index in [0.717, 1.165) is 21.5 Å². The molecule has 0 heterocycles. The predicted octanol–water partition coefficient (Wildman–Crippen LogP) is 4.35. The lowest BCUT2D eigenvalue weighted by Gasteiger charge is -2.19. The summed E-state index contributed by atoms with van der Waals surface area (Å²) in [5.41, 5.74) is 1.90. The van der Waals surface area contributed by atoms with Crippen LogP contribution >= 0.6 is 15.9 Å². The van der Waals surface area contributed by atoms with E-state index in [1.165, 1.54) is 7.11 Å². The monoisotopic (exact) mass is 351 g/mol. The average Bonchev–Trinajstić information content (AvgIpc) is 2.48. The number of ether oxygens (including phenoxy) is 2. The number of nitrogens with one attached hydrogen (secondary N) is 1. The summed E-state index contributed by atoms with van der Waals surface area (Å²) in [7, 11) is 3.18. The highest BCUT2D eigenvalue weighted by Crippen LogP contribution is 2.33. The van der Waals surface area contributed by atoms with Crippen molar-refractivity contribution < 1.29 is 14.6 Å². The van der Waals surface area contributed by atoms with Crippen LogP contribution in [0.2, 0.25) is 0 Å². The molecule has 0 aliphatic rings. The first-order valence-corrected chi connectivity index (χ1v) is 7.31. The van der Waals surface area contributed by atoms with Gasteiger partial charge in [0.25, 0.3) is 0 Å². The fourth-order valence-electron chi connectivity index (χ4n) is 2.07. The Labute approximate surface area is 132 Å². The molecular weight excluding hydrogens is 334 g/mol. The van der Waals surface area contributed by atoms with Gasteiger partial charge in [-0.15, -0.1) is 0 Å². The first-order valence-electron chi connectivity index (χ1n) is 6.52. The van der Waals surface area contributed by atoms with Crippen molar-refractivity contribution in [3.8, 4) is 17.2 Å². The smallest absolute Gasteiger partial charge is 0.160 e. The van der Waals surface area contributed by atoms with E-state index in [1.54, 1.807) is 13.2 Å². The summed E-state index contributed by atoms with van der Waals surface area (Å²) in [4.78, 5) is 0. The van der Waals surface area contributed by atoms with Crippen LogP contribution in [0.15, 0.2) is 40.9 Å². The number of methoxy groups -OCH3 is 2. The molecule has 1 unspecified atom stereocenters. The van der Waals surface area contributed by atoms with E-state index in [1.807, 2.05) is 37.3 Å². The van der Waals surface area contributed by atoms with Gasteiger partial charge in [-0.25, -0.2) is 0 Å². The van der Waals surface area contributed by atoms with Crippen LogP contribution in [-0.4, -0.2) is 19.3 Å². The summed E-state index contributed by atoms with van der Waals surface area (Å²) in [5, 5.41) is 13.1. The maximum Gasteiger partial charge on any atom is 0.160 e. The van der Waals surface area contributed by atoms with Crippen molar-refractivity contribution in [2.75, 3.05) is 19.5 Å². The molecule has 1 atom stereocenters. The Morgan fingerprint density at radius 3 is 2.43 bits per heavy atom. The van der Waals surface area contributed by atoms with E-state index in [9.17, 15) is 5.11 Å². The maximum atomic E-state index is 9.65. The minimum absolute atomic E-state index is 0.0303. The van der Waals surface area contributed by atoms with Gasteiger partial charge in [-0.05, 0) is 42.8 Å². The van der Waals surface area contributed by atoms with E-state index in [4.69, 9.17) is 9.47 Å². The molecule has 0 saturated heterocycles. The second-order valence-corrected chi connectivity index (χ2v) is 5.56. The Hall–Kier alpha value is -1.88. The molecule has 0 aliphatic heterocycles. The second-order valence-electron chi connectivity index (χ2n) is 4.64. The molecule has 0 saturated carbocycles. The lowest BCUT2D eigenvalue weighted by molar-refractivity contribution is 0.372. The number of hydrogen-bond acceptors (Lipinski definition) is 4. The van der Waals surface area contributed by atoms with Crippen molar-refractivity contribution in [1.82, 2.24) is 0 Å². The molecule has 0 aliphatic carbocycles. The van der Waals surface area contributed by atoms with E-state index < -0.39 is 0 Å². The fraction of sp³-hybridized carbons (Fsp3) is 0.250. The number of halogens is 1. The summed E-state index contributed by atoms with van der Waals surface area (Å²) >= 11 is 3.46. The summed E-state index contributed by atoms with van der Waals surface area (Å²) in [6.45, 7) is 2.03. The van der Waals surface area contributed by atoms with Crippen LogP contribution in [0.25, 0.3) is 0 Å². The quantitative estimate of drug-likeness (QED) is 0.840. The van der Waals surface area contributed by atoms with Gasteiger partial charge in [0.05, 0.1) is 19.9 Å². The molecule has 0 spiro atoms. The molecule has 0 amide bonds. The highest BCUT2D eigenvalue weighted by atomic mass is 79.9. The number of aromatic hydroxyl groups is 1. The van der Waals surface area contributed by atoms with Crippen LogP contribution in [-0.2, 0) is 0 Å². The molecule has 0 fully saturated rings. The Kier molecular flexibility index (Phi) is 4.96. The summed E-state index contributed by atoms with van der Waals surface area (Å²) in [6.07, 6.45) is 0. The Balaban J connectivity index is 2.25. The van der Waals surface area contributed by atoms with Gasteiger partial charge in [-0.2, -0.15) is 0 Å². The third kappa shape index (κ3) is 3.61. The van der Waals surface area contributed by atoms with E-state index in [0.29, 0.717) is 5.75 Å². The molecule has 2 N–H and O–H groups in total. The first kappa shape index (κ1) is 15.5. The molecule has 2 rings (SSSR count). The number of rotatable bonds is 5. The van der Waals surface area contributed by atoms with E-state index >= 15 is 0 Å². The molecular formula is C16H18BrNO3.